The zero-order valence-electron chi connectivity index (χ0n) is 14.1. The van der Waals surface area contributed by atoms with Crippen molar-refractivity contribution in [2.24, 2.45) is 0 Å². The Labute approximate surface area is 160 Å². The van der Waals surface area contributed by atoms with Crippen molar-refractivity contribution >= 4 is 34.8 Å². The number of anilines is 1. The Bertz CT molecular complexity index is 734. The van der Waals surface area contributed by atoms with Crippen LogP contribution in [-0.4, -0.2) is 30.1 Å². The van der Waals surface area contributed by atoms with Gasteiger partial charge in [-0.05, 0) is 50.6 Å². The smallest absolute Gasteiger partial charge is 0.387 e. The van der Waals surface area contributed by atoms with Crippen molar-refractivity contribution in [3.63, 3.8) is 0 Å². The zero-order chi connectivity index (χ0) is 17.8. The molecule has 1 aliphatic heterocycles. The van der Waals surface area contributed by atoms with Gasteiger partial charge < -0.3 is 15.4 Å². The van der Waals surface area contributed by atoms with Crippen LogP contribution in [0, 0.1) is 6.92 Å². The van der Waals surface area contributed by atoms with Gasteiger partial charge in [-0.1, -0.05) is 0 Å². The fourth-order valence-corrected chi connectivity index (χ4v) is 3.69. The number of benzene rings is 1. The van der Waals surface area contributed by atoms with E-state index in [1.165, 1.54) is 23.5 Å². The predicted octanol–water partition coefficient (Wildman–Crippen LogP) is 4.22. The topological polar surface area (TPSA) is 63.2 Å². The molecule has 26 heavy (non-hydrogen) atoms. The molecule has 1 unspecified atom stereocenters. The second-order valence-electron chi connectivity index (χ2n) is 5.87. The number of rotatable bonds is 6. The molecule has 3 rings (SSSR count). The first-order valence-electron chi connectivity index (χ1n) is 8.07. The number of halogens is 3. The van der Waals surface area contributed by atoms with Crippen molar-refractivity contribution in [2.75, 3.05) is 11.9 Å². The number of hydrogen-bond acceptors (Lipinski definition) is 5. The van der Waals surface area contributed by atoms with Gasteiger partial charge in [0.15, 0.2) is 5.13 Å². The fourth-order valence-electron chi connectivity index (χ4n) is 2.84. The first kappa shape index (κ1) is 20.5. The predicted molar refractivity (Wildman–Crippen MR) is 100 cm³/mol. The quantitative estimate of drug-likeness (QED) is 0.757. The summed E-state index contributed by atoms with van der Waals surface area (Å²) in [5.74, 6) is 0.0459. The first-order valence-corrected chi connectivity index (χ1v) is 8.89. The van der Waals surface area contributed by atoms with Gasteiger partial charge in [-0.2, -0.15) is 8.78 Å². The van der Waals surface area contributed by atoms with E-state index in [1.54, 1.807) is 12.1 Å². The molecule has 1 aromatic carbocycles. The van der Waals surface area contributed by atoms with Crippen molar-refractivity contribution in [3.8, 4) is 17.0 Å². The maximum absolute atomic E-state index is 12.2. The number of amides is 1. The molecule has 1 amide bonds. The molecule has 0 aliphatic carbocycles. The van der Waals surface area contributed by atoms with Crippen LogP contribution in [-0.2, 0) is 4.79 Å². The Hall–Kier alpha value is -1.77. The van der Waals surface area contributed by atoms with E-state index >= 15 is 0 Å². The van der Waals surface area contributed by atoms with Crippen molar-refractivity contribution in [1.29, 1.82) is 0 Å². The van der Waals surface area contributed by atoms with Crippen LogP contribution in [0.5, 0.6) is 5.75 Å². The molecule has 1 atom stereocenters. The van der Waals surface area contributed by atoms with Crippen LogP contribution >= 0.6 is 23.7 Å². The molecule has 1 saturated heterocycles. The van der Waals surface area contributed by atoms with Crippen LogP contribution in [0.25, 0.3) is 11.3 Å². The lowest BCUT2D eigenvalue weighted by molar-refractivity contribution is -0.116. The number of thiazole rings is 1. The number of alkyl halides is 2. The SMILES string of the molecule is Cc1sc(NC(=O)CC2CCCN2)nc1-c1ccc(OC(F)F)cc1.Cl. The summed E-state index contributed by atoms with van der Waals surface area (Å²) in [6, 6.07) is 6.54. The molecule has 9 heteroatoms. The molecule has 142 valence electrons. The standard InChI is InChI=1S/C17H19F2N3O2S.ClH/c1-10-15(11-4-6-13(7-5-11)24-16(18)19)22-17(25-10)21-14(23)9-12-3-2-8-20-12;/h4-7,12,16,20H,2-3,8-9H2,1H3,(H,21,22,23);1H. The molecule has 5 nitrogen and oxygen atoms in total. The highest BCUT2D eigenvalue weighted by Crippen LogP contribution is 2.31. The highest BCUT2D eigenvalue weighted by molar-refractivity contribution is 7.16. The number of carbonyl (C=O) groups excluding carboxylic acids is 1. The van der Waals surface area contributed by atoms with Gasteiger partial charge in [-0.25, -0.2) is 4.98 Å². The largest absolute Gasteiger partial charge is 0.435 e. The van der Waals surface area contributed by atoms with E-state index in [-0.39, 0.29) is 30.1 Å². The number of nitrogens with one attached hydrogen (secondary N) is 2. The van der Waals surface area contributed by atoms with Crippen LogP contribution in [0.1, 0.15) is 24.1 Å². The summed E-state index contributed by atoms with van der Waals surface area (Å²) in [5, 5.41) is 6.68. The van der Waals surface area contributed by atoms with Crippen LogP contribution < -0.4 is 15.4 Å². The molecule has 0 bridgehead atoms. The van der Waals surface area contributed by atoms with Gasteiger partial charge in [0.1, 0.15) is 5.75 Å². The van der Waals surface area contributed by atoms with E-state index in [1.807, 2.05) is 6.92 Å². The van der Waals surface area contributed by atoms with Crippen LogP contribution in [0.4, 0.5) is 13.9 Å². The number of nitrogens with zero attached hydrogens (tertiary/aromatic N) is 1. The van der Waals surface area contributed by atoms with E-state index < -0.39 is 6.61 Å². The molecular formula is C17H20ClF2N3O2S. The minimum Gasteiger partial charge on any atom is -0.435 e. The fraction of sp³-hybridized carbons (Fsp3) is 0.412. The van der Waals surface area contributed by atoms with Gasteiger partial charge in [-0.3, -0.25) is 4.79 Å². The average Bonchev–Trinajstić information content (AvgIpc) is 3.17. The second kappa shape index (κ2) is 9.25. The van der Waals surface area contributed by atoms with Crippen molar-refractivity contribution in [1.82, 2.24) is 10.3 Å². The molecule has 0 saturated carbocycles. The van der Waals surface area contributed by atoms with Crippen molar-refractivity contribution < 1.29 is 18.3 Å². The van der Waals surface area contributed by atoms with E-state index in [2.05, 4.69) is 20.4 Å². The van der Waals surface area contributed by atoms with E-state index in [0.717, 1.165) is 35.5 Å². The van der Waals surface area contributed by atoms with Crippen molar-refractivity contribution in [3.05, 3.63) is 29.1 Å². The Kier molecular flexibility index (Phi) is 7.31. The Morgan fingerprint density at radius 1 is 1.42 bits per heavy atom. The molecule has 1 aromatic heterocycles. The average molecular weight is 404 g/mol. The molecule has 2 aromatic rings. The molecular weight excluding hydrogens is 384 g/mol. The monoisotopic (exact) mass is 403 g/mol. The maximum atomic E-state index is 12.2. The minimum atomic E-state index is -2.84. The second-order valence-corrected chi connectivity index (χ2v) is 7.08. The molecule has 1 aliphatic rings. The number of carbonyl (C=O) groups is 1. The summed E-state index contributed by atoms with van der Waals surface area (Å²) in [6.07, 6.45) is 2.56. The van der Waals surface area contributed by atoms with Gasteiger partial charge in [0.25, 0.3) is 0 Å². The summed E-state index contributed by atoms with van der Waals surface area (Å²) < 4.78 is 28.7. The van der Waals surface area contributed by atoms with Gasteiger partial charge in [0.05, 0.1) is 5.69 Å². The third kappa shape index (κ3) is 5.36. The van der Waals surface area contributed by atoms with E-state index in [4.69, 9.17) is 0 Å². The Balaban J connectivity index is 0.00000243. The third-order valence-electron chi connectivity index (χ3n) is 3.99. The van der Waals surface area contributed by atoms with E-state index in [9.17, 15) is 13.6 Å². The first-order chi connectivity index (χ1) is 12.0. The lowest BCUT2D eigenvalue weighted by Gasteiger charge is -2.08. The number of ether oxygens (including phenoxy) is 1. The van der Waals surface area contributed by atoms with Gasteiger partial charge in [0.2, 0.25) is 5.91 Å². The summed E-state index contributed by atoms with van der Waals surface area (Å²) in [5.41, 5.74) is 1.51. The number of hydrogen-bond donors (Lipinski definition) is 2. The highest BCUT2D eigenvalue weighted by atomic mass is 35.5. The summed E-state index contributed by atoms with van der Waals surface area (Å²) >= 11 is 1.40. The summed E-state index contributed by atoms with van der Waals surface area (Å²) in [7, 11) is 0. The lowest BCUT2D eigenvalue weighted by atomic mass is 10.1. The number of aromatic nitrogens is 1. The molecule has 1 fully saturated rings. The minimum absolute atomic E-state index is 0. The van der Waals surface area contributed by atoms with Gasteiger partial charge in [0, 0.05) is 22.9 Å². The maximum Gasteiger partial charge on any atom is 0.387 e. The van der Waals surface area contributed by atoms with Gasteiger partial charge >= 0.3 is 6.61 Å². The van der Waals surface area contributed by atoms with Gasteiger partial charge in [-0.15, -0.1) is 23.7 Å². The van der Waals surface area contributed by atoms with Crippen LogP contribution in [0.15, 0.2) is 24.3 Å². The summed E-state index contributed by atoms with van der Waals surface area (Å²) in [6.45, 7) is 0.0251. The number of aryl methyl sites for hydroxylation is 1. The van der Waals surface area contributed by atoms with E-state index in [0.29, 0.717) is 11.6 Å². The molecule has 2 N–H and O–H groups in total. The Morgan fingerprint density at radius 3 is 2.77 bits per heavy atom. The Morgan fingerprint density at radius 2 is 2.15 bits per heavy atom. The van der Waals surface area contributed by atoms with Crippen LogP contribution in [0.2, 0.25) is 0 Å². The van der Waals surface area contributed by atoms with Crippen LogP contribution in [0.3, 0.4) is 0 Å². The molecule has 0 radical (unpaired) electrons. The summed E-state index contributed by atoms with van der Waals surface area (Å²) in [4.78, 5) is 17.5. The molecule has 0 spiro atoms. The molecule has 2 heterocycles. The highest BCUT2D eigenvalue weighted by Gasteiger charge is 2.19. The van der Waals surface area contributed by atoms with Crippen molar-refractivity contribution in [2.45, 2.75) is 38.8 Å². The lowest BCUT2D eigenvalue weighted by Crippen LogP contribution is -2.27. The third-order valence-corrected chi connectivity index (χ3v) is 4.88. The normalized spacial score (nSPS) is 16.4. The zero-order valence-corrected chi connectivity index (χ0v) is 15.8.